The summed E-state index contributed by atoms with van der Waals surface area (Å²) in [6, 6.07) is 10.4. The summed E-state index contributed by atoms with van der Waals surface area (Å²) in [5, 5.41) is 15.3. The molecule has 0 saturated carbocycles. The highest BCUT2D eigenvalue weighted by atomic mass is 16.6. The molecule has 0 aliphatic carbocycles. The molecule has 1 fully saturated rings. The fourth-order valence-electron chi connectivity index (χ4n) is 4.52. The number of fused-ring (bicyclic) bond motifs is 1. The number of rotatable bonds is 7. The van der Waals surface area contributed by atoms with Crippen LogP contribution in [0.25, 0.3) is 22.2 Å². The zero-order chi connectivity index (χ0) is 26.0. The van der Waals surface area contributed by atoms with Crippen LogP contribution in [0.5, 0.6) is 5.88 Å². The Morgan fingerprint density at radius 1 is 1.19 bits per heavy atom. The molecule has 10 nitrogen and oxygen atoms in total. The molecule has 2 atom stereocenters. The highest BCUT2D eigenvalue weighted by Crippen LogP contribution is 2.32. The van der Waals surface area contributed by atoms with Crippen molar-refractivity contribution in [3.05, 3.63) is 42.1 Å². The van der Waals surface area contributed by atoms with E-state index >= 15 is 0 Å². The maximum absolute atomic E-state index is 12.6. The molecule has 1 aliphatic rings. The molecule has 0 unspecified atom stereocenters. The second-order valence-corrected chi connectivity index (χ2v) is 9.99. The Morgan fingerprint density at radius 2 is 1.94 bits per heavy atom. The number of aliphatic carboxylic acids is 1. The van der Waals surface area contributed by atoms with Gasteiger partial charge in [-0.05, 0) is 52.3 Å². The minimum absolute atomic E-state index is 0.0964. The molecule has 1 aliphatic heterocycles. The predicted molar refractivity (Wildman–Crippen MR) is 135 cm³/mol. The minimum Gasteiger partial charge on any atom is -0.480 e. The van der Waals surface area contributed by atoms with Gasteiger partial charge in [0.25, 0.3) is 0 Å². The summed E-state index contributed by atoms with van der Waals surface area (Å²) in [6.45, 7) is 5.91. The molecule has 1 amide bonds. The lowest BCUT2D eigenvalue weighted by molar-refractivity contribution is -0.142. The monoisotopic (exact) mass is 495 g/mol. The molecule has 3 N–H and O–H groups in total. The maximum atomic E-state index is 12.6. The lowest BCUT2D eigenvalue weighted by Crippen LogP contribution is -2.43. The van der Waals surface area contributed by atoms with Gasteiger partial charge in [-0.25, -0.2) is 14.6 Å². The number of ether oxygens (including phenoxy) is 2. The van der Waals surface area contributed by atoms with Gasteiger partial charge in [0.15, 0.2) is 0 Å². The van der Waals surface area contributed by atoms with E-state index in [1.807, 2.05) is 42.1 Å². The first kappa shape index (κ1) is 25.4. The topological polar surface area (TPSA) is 133 Å². The van der Waals surface area contributed by atoms with Crippen LogP contribution in [0.1, 0.15) is 39.3 Å². The van der Waals surface area contributed by atoms with Gasteiger partial charge in [0.05, 0.1) is 17.8 Å². The van der Waals surface area contributed by atoms with Crippen molar-refractivity contribution >= 4 is 23.0 Å². The van der Waals surface area contributed by atoms with Crippen molar-refractivity contribution in [2.75, 3.05) is 13.1 Å². The quantitative estimate of drug-likeness (QED) is 0.510. The molecular formula is C26H33N5O5. The van der Waals surface area contributed by atoms with E-state index in [0.717, 1.165) is 40.7 Å². The molecule has 2 aromatic heterocycles. The number of carbonyl (C=O) groups excluding carboxylic acids is 1. The van der Waals surface area contributed by atoms with Gasteiger partial charge in [-0.3, -0.25) is 9.58 Å². The number of aryl methyl sites for hydroxylation is 2. The van der Waals surface area contributed by atoms with Crippen LogP contribution in [-0.4, -0.2) is 67.7 Å². The average molecular weight is 496 g/mol. The first-order chi connectivity index (χ1) is 17.1. The molecule has 0 radical (unpaired) electrons. The number of carboxylic acid groups (broad SMARTS) is 1. The van der Waals surface area contributed by atoms with Gasteiger partial charge in [0.2, 0.25) is 5.88 Å². The van der Waals surface area contributed by atoms with Crippen LogP contribution in [0, 0.1) is 0 Å². The van der Waals surface area contributed by atoms with Crippen molar-refractivity contribution in [2.45, 2.75) is 57.8 Å². The Bertz CT molecular complexity index is 1270. The molecule has 1 aromatic carbocycles. The van der Waals surface area contributed by atoms with E-state index < -0.39 is 29.8 Å². The van der Waals surface area contributed by atoms with Crippen molar-refractivity contribution in [3.63, 3.8) is 0 Å². The van der Waals surface area contributed by atoms with Gasteiger partial charge < -0.3 is 20.3 Å². The van der Waals surface area contributed by atoms with E-state index in [0.29, 0.717) is 12.4 Å². The van der Waals surface area contributed by atoms with Crippen LogP contribution in [-0.2, 0) is 23.0 Å². The molecule has 0 bridgehead atoms. The van der Waals surface area contributed by atoms with Gasteiger partial charge in [-0.15, -0.1) is 0 Å². The summed E-state index contributed by atoms with van der Waals surface area (Å²) >= 11 is 0. The number of hydrogen-bond donors (Lipinski definition) is 2. The molecule has 4 rings (SSSR count). The van der Waals surface area contributed by atoms with Crippen LogP contribution < -0.4 is 10.5 Å². The summed E-state index contributed by atoms with van der Waals surface area (Å²) in [5.41, 5.74) is 8.64. The first-order valence-corrected chi connectivity index (χ1v) is 12.1. The number of nitrogens with zero attached hydrogens (tertiary/aromatic N) is 4. The Labute approximate surface area is 210 Å². The first-order valence-electron chi connectivity index (χ1n) is 12.1. The van der Waals surface area contributed by atoms with E-state index in [1.165, 1.54) is 4.90 Å². The summed E-state index contributed by atoms with van der Waals surface area (Å²) in [6.07, 6.45) is 0.587. The summed E-state index contributed by atoms with van der Waals surface area (Å²) in [4.78, 5) is 30.3. The smallest absolute Gasteiger partial charge is 0.411 e. The van der Waals surface area contributed by atoms with Gasteiger partial charge >= 0.3 is 12.1 Å². The van der Waals surface area contributed by atoms with Gasteiger partial charge in [-0.1, -0.05) is 18.2 Å². The SMILES string of the molecule is Cn1nc2cccc(-c3cccc(O[C@H]4C[C@@H](C(=O)O)N(C(=O)OC(C)(C)C)C4)n3)c2c1CCCN. The number of aromatic nitrogens is 3. The third-order valence-electron chi connectivity index (χ3n) is 6.06. The van der Waals surface area contributed by atoms with Crippen molar-refractivity contribution in [2.24, 2.45) is 12.8 Å². The normalized spacial score (nSPS) is 18.0. The molecule has 3 aromatic rings. The molecule has 192 valence electrons. The van der Waals surface area contributed by atoms with Crippen molar-refractivity contribution < 1.29 is 24.2 Å². The third-order valence-corrected chi connectivity index (χ3v) is 6.06. The molecule has 10 heteroatoms. The second kappa shape index (κ2) is 10.1. The largest absolute Gasteiger partial charge is 0.480 e. The van der Waals surface area contributed by atoms with E-state index in [-0.39, 0.29) is 13.0 Å². The van der Waals surface area contributed by atoms with Gasteiger partial charge in [0, 0.05) is 36.2 Å². The molecular weight excluding hydrogens is 462 g/mol. The lowest BCUT2D eigenvalue weighted by Gasteiger charge is -2.26. The third kappa shape index (κ3) is 5.43. The van der Waals surface area contributed by atoms with Crippen LogP contribution >= 0.6 is 0 Å². The van der Waals surface area contributed by atoms with Gasteiger partial charge in [0.1, 0.15) is 17.7 Å². The van der Waals surface area contributed by atoms with Crippen LogP contribution in [0.4, 0.5) is 4.79 Å². The number of likely N-dealkylation sites (tertiary alicyclic amines) is 1. The highest BCUT2D eigenvalue weighted by Gasteiger charge is 2.42. The Kier molecular flexibility index (Phi) is 7.16. The Balaban J connectivity index is 1.59. The van der Waals surface area contributed by atoms with Gasteiger partial charge in [-0.2, -0.15) is 5.10 Å². The fraction of sp³-hybridized carbons (Fsp3) is 0.462. The number of pyridine rings is 1. The van der Waals surface area contributed by atoms with E-state index in [1.54, 1.807) is 26.8 Å². The van der Waals surface area contributed by atoms with Crippen LogP contribution in [0.3, 0.4) is 0 Å². The average Bonchev–Trinajstić information content (AvgIpc) is 3.37. The second-order valence-electron chi connectivity index (χ2n) is 9.99. The number of carbonyl (C=O) groups is 2. The zero-order valence-electron chi connectivity index (χ0n) is 21.1. The van der Waals surface area contributed by atoms with Crippen LogP contribution in [0.15, 0.2) is 36.4 Å². The number of amides is 1. The highest BCUT2D eigenvalue weighted by molar-refractivity contribution is 5.96. The summed E-state index contributed by atoms with van der Waals surface area (Å²) in [7, 11) is 1.93. The predicted octanol–water partition coefficient (Wildman–Crippen LogP) is 3.37. The summed E-state index contributed by atoms with van der Waals surface area (Å²) < 4.78 is 13.4. The molecule has 1 saturated heterocycles. The van der Waals surface area contributed by atoms with Crippen LogP contribution in [0.2, 0.25) is 0 Å². The van der Waals surface area contributed by atoms with Crippen molar-refractivity contribution in [1.29, 1.82) is 0 Å². The van der Waals surface area contributed by atoms with Crippen molar-refractivity contribution in [3.8, 4) is 17.1 Å². The van der Waals surface area contributed by atoms with E-state index in [2.05, 4.69) is 5.10 Å². The number of hydrogen-bond acceptors (Lipinski definition) is 7. The molecule has 3 heterocycles. The standard InChI is InChI=1S/C26H33N5O5/c1-26(2,3)36-25(34)31-15-16(14-21(31)24(32)33)35-22-12-6-9-18(28-22)17-8-5-10-19-23(17)20(11-7-13-27)30(4)29-19/h5-6,8-10,12,16,21H,7,11,13-15,27H2,1-4H3,(H,32,33)/t16-,21-/m0/s1. The lowest BCUT2D eigenvalue weighted by atomic mass is 10.0. The number of carboxylic acids is 1. The number of benzene rings is 1. The molecule has 36 heavy (non-hydrogen) atoms. The van der Waals surface area contributed by atoms with E-state index in [9.17, 15) is 14.7 Å². The van der Waals surface area contributed by atoms with E-state index in [4.69, 9.17) is 20.2 Å². The maximum Gasteiger partial charge on any atom is 0.411 e. The summed E-state index contributed by atoms with van der Waals surface area (Å²) in [5.74, 6) is -0.737. The fourth-order valence-corrected chi connectivity index (χ4v) is 4.52. The van der Waals surface area contributed by atoms with Crippen molar-refractivity contribution in [1.82, 2.24) is 19.7 Å². The Hall–Kier alpha value is -3.66. The zero-order valence-corrected chi connectivity index (χ0v) is 21.1. The minimum atomic E-state index is -1.10. The Morgan fingerprint density at radius 3 is 2.64 bits per heavy atom. The molecule has 0 spiro atoms. The number of nitrogens with two attached hydrogens (primary N) is 1.